The second-order valence-corrected chi connectivity index (χ2v) is 3.93. The van der Waals surface area contributed by atoms with Crippen molar-refractivity contribution in [3.8, 4) is 0 Å². The van der Waals surface area contributed by atoms with Crippen molar-refractivity contribution in [1.29, 1.82) is 0 Å². The summed E-state index contributed by atoms with van der Waals surface area (Å²) in [5.74, 6) is -0.231. The average molecular weight is 239 g/mol. The van der Waals surface area contributed by atoms with Crippen molar-refractivity contribution in [2.75, 3.05) is 27.2 Å². The summed E-state index contributed by atoms with van der Waals surface area (Å²) in [6.45, 7) is 1.79. The van der Waals surface area contributed by atoms with E-state index in [4.69, 9.17) is 0 Å². The first-order valence-corrected chi connectivity index (χ1v) is 5.50. The third-order valence-corrected chi connectivity index (χ3v) is 2.20. The molecule has 4 nitrogen and oxygen atoms in total. The van der Waals surface area contributed by atoms with Gasteiger partial charge in [0.05, 0.1) is 0 Å². The third kappa shape index (κ3) is 5.31. The maximum absolute atomic E-state index is 12.8. The molecule has 1 aromatic rings. The first kappa shape index (κ1) is 13.4. The highest BCUT2D eigenvalue weighted by Crippen LogP contribution is 2.02. The summed E-state index contributed by atoms with van der Waals surface area (Å²) in [7, 11) is 3.38. The van der Waals surface area contributed by atoms with Crippen molar-refractivity contribution in [2.24, 2.45) is 0 Å². The molecule has 0 heterocycles. The molecule has 0 aromatic heterocycles. The van der Waals surface area contributed by atoms with Crippen molar-refractivity contribution in [3.05, 3.63) is 35.6 Å². The molecule has 1 aromatic carbocycles. The Balaban J connectivity index is 2.14. The number of hydrogen-bond acceptors (Lipinski definition) is 2. The van der Waals surface area contributed by atoms with E-state index in [-0.39, 0.29) is 11.8 Å². The lowest BCUT2D eigenvalue weighted by Gasteiger charge is -2.12. The van der Waals surface area contributed by atoms with Crippen molar-refractivity contribution < 1.29 is 9.18 Å². The number of amides is 2. The van der Waals surface area contributed by atoms with Gasteiger partial charge in [0.1, 0.15) is 5.82 Å². The Morgan fingerprint density at radius 2 is 2.12 bits per heavy atom. The molecule has 2 amide bonds. The van der Waals surface area contributed by atoms with Crippen molar-refractivity contribution in [1.82, 2.24) is 15.5 Å². The minimum Gasteiger partial charge on any atom is -0.337 e. The molecule has 5 heteroatoms. The van der Waals surface area contributed by atoms with Crippen LogP contribution in [0.25, 0.3) is 0 Å². The summed E-state index contributed by atoms with van der Waals surface area (Å²) < 4.78 is 12.8. The lowest BCUT2D eigenvalue weighted by atomic mass is 10.2. The standard InChI is InChI=1S/C12H18FN3O/c1-16(2)12(17)15-7-6-14-9-10-4-3-5-11(13)8-10/h3-5,8,14H,6-7,9H2,1-2H3,(H,15,17). The summed E-state index contributed by atoms with van der Waals surface area (Å²) in [5.41, 5.74) is 0.893. The Labute approximate surface area is 101 Å². The molecule has 0 spiro atoms. The van der Waals surface area contributed by atoms with Gasteiger partial charge in [-0.25, -0.2) is 9.18 Å². The summed E-state index contributed by atoms with van der Waals surface area (Å²) in [4.78, 5) is 12.6. The highest BCUT2D eigenvalue weighted by Gasteiger charge is 2.00. The topological polar surface area (TPSA) is 44.4 Å². The molecule has 2 N–H and O–H groups in total. The first-order valence-electron chi connectivity index (χ1n) is 5.50. The summed E-state index contributed by atoms with van der Waals surface area (Å²) in [6.07, 6.45) is 0. The molecule has 0 saturated heterocycles. The van der Waals surface area contributed by atoms with Crippen LogP contribution >= 0.6 is 0 Å². The molecule has 0 aliphatic carbocycles. The zero-order chi connectivity index (χ0) is 12.7. The average Bonchev–Trinajstić information content (AvgIpc) is 2.28. The van der Waals surface area contributed by atoms with Gasteiger partial charge in [0.15, 0.2) is 0 Å². The van der Waals surface area contributed by atoms with Crippen LogP contribution in [0.5, 0.6) is 0 Å². The van der Waals surface area contributed by atoms with Gasteiger partial charge in [0.25, 0.3) is 0 Å². The van der Waals surface area contributed by atoms with E-state index < -0.39 is 0 Å². The normalized spacial score (nSPS) is 10.1. The van der Waals surface area contributed by atoms with Crippen LogP contribution in [0, 0.1) is 5.82 Å². The predicted octanol–water partition coefficient (Wildman–Crippen LogP) is 1.19. The summed E-state index contributed by atoms with van der Waals surface area (Å²) in [6, 6.07) is 6.33. The zero-order valence-corrected chi connectivity index (χ0v) is 10.2. The van der Waals surface area contributed by atoms with Gasteiger partial charge in [-0.3, -0.25) is 0 Å². The fraction of sp³-hybridized carbons (Fsp3) is 0.417. The van der Waals surface area contributed by atoms with Crippen LogP contribution in [-0.4, -0.2) is 38.1 Å². The summed E-state index contributed by atoms with van der Waals surface area (Å²) >= 11 is 0. The number of halogens is 1. The zero-order valence-electron chi connectivity index (χ0n) is 10.2. The number of nitrogens with one attached hydrogen (secondary N) is 2. The highest BCUT2D eigenvalue weighted by atomic mass is 19.1. The molecule has 17 heavy (non-hydrogen) atoms. The Hall–Kier alpha value is -1.62. The predicted molar refractivity (Wildman–Crippen MR) is 65.2 cm³/mol. The SMILES string of the molecule is CN(C)C(=O)NCCNCc1cccc(F)c1. The van der Waals surface area contributed by atoms with E-state index in [1.165, 1.54) is 17.0 Å². The number of nitrogens with zero attached hydrogens (tertiary/aromatic N) is 1. The molecule has 0 aliphatic rings. The number of carbonyl (C=O) groups excluding carboxylic acids is 1. The van der Waals surface area contributed by atoms with Gasteiger partial charge in [0.2, 0.25) is 0 Å². The van der Waals surface area contributed by atoms with Crippen LogP contribution in [0.1, 0.15) is 5.56 Å². The second-order valence-electron chi connectivity index (χ2n) is 3.93. The molecule has 0 aliphatic heterocycles. The summed E-state index contributed by atoms with van der Waals surface area (Å²) in [5, 5.41) is 5.85. The Bertz CT molecular complexity index is 369. The smallest absolute Gasteiger partial charge is 0.316 e. The molecule has 0 bridgehead atoms. The molecule has 0 radical (unpaired) electrons. The Kier molecular flexibility index (Phi) is 5.42. The van der Waals surface area contributed by atoms with E-state index in [9.17, 15) is 9.18 Å². The number of hydrogen-bond donors (Lipinski definition) is 2. The van der Waals surface area contributed by atoms with E-state index in [1.807, 2.05) is 6.07 Å². The molecule has 0 fully saturated rings. The molecular formula is C12H18FN3O. The van der Waals surface area contributed by atoms with Gasteiger partial charge in [-0.05, 0) is 17.7 Å². The van der Waals surface area contributed by atoms with Crippen LogP contribution < -0.4 is 10.6 Å². The van der Waals surface area contributed by atoms with Gasteiger partial charge < -0.3 is 15.5 Å². The van der Waals surface area contributed by atoms with Crippen LogP contribution in [-0.2, 0) is 6.54 Å². The van der Waals surface area contributed by atoms with E-state index in [0.717, 1.165) is 5.56 Å². The van der Waals surface area contributed by atoms with Gasteiger partial charge >= 0.3 is 6.03 Å². The van der Waals surface area contributed by atoms with Crippen molar-refractivity contribution >= 4 is 6.03 Å². The lowest BCUT2D eigenvalue weighted by molar-refractivity contribution is 0.217. The number of rotatable bonds is 5. The maximum Gasteiger partial charge on any atom is 0.316 e. The van der Waals surface area contributed by atoms with Crippen LogP contribution in [0.3, 0.4) is 0 Å². The Morgan fingerprint density at radius 3 is 2.76 bits per heavy atom. The van der Waals surface area contributed by atoms with E-state index >= 15 is 0 Å². The largest absolute Gasteiger partial charge is 0.337 e. The molecule has 94 valence electrons. The quantitative estimate of drug-likeness (QED) is 0.758. The van der Waals surface area contributed by atoms with E-state index in [0.29, 0.717) is 19.6 Å². The fourth-order valence-corrected chi connectivity index (χ4v) is 1.30. The van der Waals surface area contributed by atoms with Crippen LogP contribution in [0.15, 0.2) is 24.3 Å². The number of carbonyl (C=O) groups is 1. The van der Waals surface area contributed by atoms with Gasteiger partial charge in [-0.15, -0.1) is 0 Å². The number of urea groups is 1. The number of benzene rings is 1. The third-order valence-electron chi connectivity index (χ3n) is 2.20. The lowest BCUT2D eigenvalue weighted by Crippen LogP contribution is -2.38. The fourth-order valence-electron chi connectivity index (χ4n) is 1.30. The molecule has 0 atom stereocenters. The van der Waals surface area contributed by atoms with Crippen LogP contribution in [0.4, 0.5) is 9.18 Å². The Morgan fingerprint density at radius 1 is 1.35 bits per heavy atom. The first-order chi connectivity index (χ1) is 8.09. The van der Waals surface area contributed by atoms with Gasteiger partial charge in [-0.2, -0.15) is 0 Å². The van der Waals surface area contributed by atoms with Crippen molar-refractivity contribution in [2.45, 2.75) is 6.54 Å². The van der Waals surface area contributed by atoms with Gasteiger partial charge in [-0.1, -0.05) is 12.1 Å². The van der Waals surface area contributed by atoms with Crippen molar-refractivity contribution in [3.63, 3.8) is 0 Å². The molecule has 0 saturated carbocycles. The maximum atomic E-state index is 12.8. The van der Waals surface area contributed by atoms with Gasteiger partial charge in [0, 0.05) is 33.7 Å². The second kappa shape index (κ2) is 6.85. The molecule has 0 unspecified atom stereocenters. The van der Waals surface area contributed by atoms with Crippen LogP contribution in [0.2, 0.25) is 0 Å². The molecular weight excluding hydrogens is 221 g/mol. The minimum atomic E-state index is -0.231. The minimum absolute atomic E-state index is 0.113. The van der Waals surface area contributed by atoms with E-state index in [2.05, 4.69) is 10.6 Å². The van der Waals surface area contributed by atoms with E-state index in [1.54, 1.807) is 20.2 Å². The highest BCUT2D eigenvalue weighted by molar-refractivity contribution is 5.73. The monoisotopic (exact) mass is 239 g/mol. The molecule has 1 rings (SSSR count).